The fourth-order valence-corrected chi connectivity index (χ4v) is 2.60. The minimum Gasteiger partial charge on any atom is -0.356 e. The number of hydrogen-bond acceptors (Lipinski definition) is 4. The maximum absolute atomic E-state index is 11.4. The summed E-state index contributed by atoms with van der Waals surface area (Å²) in [5.41, 5.74) is 3.91. The van der Waals surface area contributed by atoms with E-state index in [4.69, 9.17) is 0 Å². The Labute approximate surface area is 140 Å². The second kappa shape index (κ2) is 7.12. The molecule has 6 nitrogen and oxygen atoms in total. The van der Waals surface area contributed by atoms with Gasteiger partial charge in [-0.05, 0) is 44.4 Å². The molecule has 0 aliphatic heterocycles. The molecule has 6 heteroatoms. The maximum Gasteiger partial charge on any atom is 0.252 e. The lowest BCUT2D eigenvalue weighted by atomic mass is 10.1. The summed E-state index contributed by atoms with van der Waals surface area (Å²) in [6.07, 6.45) is 3.93. The zero-order chi connectivity index (χ0) is 16.9. The molecule has 0 spiro atoms. The van der Waals surface area contributed by atoms with Gasteiger partial charge in [-0.1, -0.05) is 18.2 Å². The second-order valence-corrected chi connectivity index (χ2v) is 5.79. The zero-order valence-electron chi connectivity index (χ0n) is 13.9. The number of nitrogens with one attached hydrogen (secondary N) is 2. The lowest BCUT2D eigenvalue weighted by molar-refractivity contribution is 0.844. The van der Waals surface area contributed by atoms with E-state index in [9.17, 15) is 4.79 Å². The van der Waals surface area contributed by atoms with E-state index in [0.29, 0.717) is 11.6 Å². The number of para-hydroxylation sites is 1. The van der Waals surface area contributed by atoms with E-state index in [0.717, 1.165) is 30.8 Å². The first-order valence-electron chi connectivity index (χ1n) is 8.04. The molecular weight excluding hydrogens is 302 g/mol. The normalized spacial score (nSPS) is 10.8. The molecule has 24 heavy (non-hydrogen) atoms. The molecule has 1 aromatic carbocycles. The summed E-state index contributed by atoms with van der Waals surface area (Å²) >= 11 is 0. The van der Waals surface area contributed by atoms with Gasteiger partial charge in [-0.15, -0.1) is 0 Å². The number of benzene rings is 1. The lowest BCUT2D eigenvalue weighted by Crippen LogP contribution is -2.14. The van der Waals surface area contributed by atoms with Crippen molar-refractivity contribution in [2.24, 2.45) is 0 Å². The highest BCUT2D eigenvalue weighted by Crippen LogP contribution is 2.13. The molecule has 0 fully saturated rings. The Morgan fingerprint density at radius 1 is 1.21 bits per heavy atom. The molecule has 2 aromatic heterocycles. The van der Waals surface area contributed by atoms with Crippen LogP contribution in [0.2, 0.25) is 0 Å². The van der Waals surface area contributed by atoms with E-state index in [1.54, 1.807) is 0 Å². The first-order valence-corrected chi connectivity index (χ1v) is 8.04. The van der Waals surface area contributed by atoms with E-state index in [2.05, 4.69) is 26.6 Å². The van der Waals surface area contributed by atoms with Crippen LogP contribution in [0.1, 0.15) is 23.4 Å². The van der Waals surface area contributed by atoms with E-state index < -0.39 is 0 Å². The number of hydrogen-bond donors (Lipinski definition) is 2. The highest BCUT2D eigenvalue weighted by atomic mass is 16.1. The number of aromatic amines is 1. The summed E-state index contributed by atoms with van der Waals surface area (Å²) in [5, 5.41) is 7.74. The summed E-state index contributed by atoms with van der Waals surface area (Å²) in [5.74, 6) is 0.525. The van der Waals surface area contributed by atoms with Crippen molar-refractivity contribution in [2.45, 2.75) is 26.7 Å². The van der Waals surface area contributed by atoms with Gasteiger partial charge >= 0.3 is 0 Å². The van der Waals surface area contributed by atoms with Gasteiger partial charge in [0.25, 0.3) is 5.56 Å². The maximum atomic E-state index is 11.4. The van der Waals surface area contributed by atoms with Crippen LogP contribution in [0.15, 0.2) is 47.4 Å². The smallest absolute Gasteiger partial charge is 0.252 e. The number of aryl methyl sites for hydroxylation is 3. The van der Waals surface area contributed by atoms with Gasteiger partial charge in [0.05, 0.1) is 11.4 Å². The van der Waals surface area contributed by atoms with Crippen LogP contribution in [0.3, 0.4) is 0 Å². The van der Waals surface area contributed by atoms with E-state index >= 15 is 0 Å². The molecule has 0 unspecified atom stereocenters. The highest BCUT2D eigenvalue weighted by molar-refractivity contribution is 5.32. The molecule has 0 saturated carbocycles. The standard InChI is InChI=1S/C18H21N5O/c1-13-11-17(24)21-18(20-13)19-10-6-7-15-12-23(22-14(15)2)16-8-4-3-5-9-16/h3-5,8-9,11-12H,6-7,10H2,1-2H3,(H2,19,20,21,24). The number of aromatic nitrogens is 4. The van der Waals surface area contributed by atoms with Crippen LogP contribution < -0.4 is 10.9 Å². The van der Waals surface area contributed by atoms with Crippen molar-refractivity contribution < 1.29 is 0 Å². The first kappa shape index (κ1) is 16.0. The Morgan fingerprint density at radius 3 is 2.75 bits per heavy atom. The topological polar surface area (TPSA) is 75.6 Å². The van der Waals surface area contributed by atoms with E-state index in [-0.39, 0.29) is 5.56 Å². The molecule has 0 saturated heterocycles. The van der Waals surface area contributed by atoms with Crippen molar-refractivity contribution in [1.82, 2.24) is 19.7 Å². The quantitative estimate of drug-likeness (QED) is 0.684. The summed E-state index contributed by atoms with van der Waals surface area (Å²) in [6, 6.07) is 11.6. The minimum absolute atomic E-state index is 0.134. The molecule has 124 valence electrons. The van der Waals surface area contributed by atoms with Gasteiger partial charge in [-0.3, -0.25) is 9.78 Å². The zero-order valence-corrected chi connectivity index (χ0v) is 13.9. The predicted octanol–water partition coefficient (Wildman–Crippen LogP) is 2.62. The average molecular weight is 323 g/mol. The Morgan fingerprint density at radius 2 is 2.00 bits per heavy atom. The van der Waals surface area contributed by atoms with Crippen LogP contribution in [0.5, 0.6) is 0 Å². The van der Waals surface area contributed by atoms with Gasteiger partial charge < -0.3 is 5.32 Å². The Hall–Kier alpha value is -2.89. The molecule has 0 radical (unpaired) electrons. The molecular formula is C18H21N5O. The summed E-state index contributed by atoms with van der Waals surface area (Å²) in [4.78, 5) is 18.3. The van der Waals surface area contributed by atoms with Gasteiger partial charge in [0.1, 0.15) is 0 Å². The molecule has 0 aliphatic carbocycles. The van der Waals surface area contributed by atoms with Gasteiger partial charge in [-0.25, -0.2) is 9.67 Å². The van der Waals surface area contributed by atoms with Crippen molar-refractivity contribution in [3.8, 4) is 5.69 Å². The summed E-state index contributed by atoms with van der Waals surface area (Å²) < 4.78 is 1.91. The van der Waals surface area contributed by atoms with Crippen molar-refractivity contribution in [2.75, 3.05) is 11.9 Å². The van der Waals surface area contributed by atoms with Crippen LogP contribution in [-0.2, 0) is 6.42 Å². The third kappa shape index (κ3) is 3.90. The fourth-order valence-electron chi connectivity index (χ4n) is 2.60. The van der Waals surface area contributed by atoms with Gasteiger partial charge in [0.15, 0.2) is 0 Å². The van der Waals surface area contributed by atoms with Crippen LogP contribution in [0, 0.1) is 13.8 Å². The fraction of sp³-hybridized carbons (Fsp3) is 0.278. The van der Waals surface area contributed by atoms with Crippen LogP contribution >= 0.6 is 0 Å². The van der Waals surface area contributed by atoms with E-state index in [1.165, 1.54) is 11.6 Å². The summed E-state index contributed by atoms with van der Waals surface area (Å²) in [7, 11) is 0. The largest absolute Gasteiger partial charge is 0.356 e. The lowest BCUT2D eigenvalue weighted by Gasteiger charge is -2.05. The van der Waals surface area contributed by atoms with Gasteiger partial charge in [0.2, 0.25) is 5.95 Å². The van der Waals surface area contributed by atoms with Crippen molar-refractivity contribution >= 4 is 5.95 Å². The number of rotatable bonds is 6. The third-order valence-corrected chi connectivity index (χ3v) is 3.81. The highest BCUT2D eigenvalue weighted by Gasteiger charge is 2.06. The molecule has 2 N–H and O–H groups in total. The first-order chi connectivity index (χ1) is 11.6. The van der Waals surface area contributed by atoms with Crippen molar-refractivity contribution in [3.05, 3.63) is 69.9 Å². The number of anilines is 1. The minimum atomic E-state index is -0.134. The van der Waals surface area contributed by atoms with Gasteiger partial charge in [-0.2, -0.15) is 5.10 Å². The number of H-pyrrole nitrogens is 1. The molecule has 0 aliphatic rings. The van der Waals surface area contributed by atoms with Crippen LogP contribution in [0.4, 0.5) is 5.95 Å². The number of nitrogens with zero attached hydrogens (tertiary/aromatic N) is 3. The molecule has 0 bridgehead atoms. The molecule has 0 amide bonds. The molecule has 0 atom stereocenters. The Balaban J connectivity index is 1.57. The van der Waals surface area contributed by atoms with Crippen molar-refractivity contribution in [3.63, 3.8) is 0 Å². The van der Waals surface area contributed by atoms with Crippen LogP contribution in [0.25, 0.3) is 5.69 Å². The molecule has 3 rings (SSSR count). The van der Waals surface area contributed by atoms with Crippen LogP contribution in [-0.4, -0.2) is 26.3 Å². The van der Waals surface area contributed by atoms with Crippen molar-refractivity contribution in [1.29, 1.82) is 0 Å². The average Bonchev–Trinajstić information content (AvgIpc) is 2.93. The van der Waals surface area contributed by atoms with Gasteiger partial charge in [0, 0.05) is 24.5 Å². The Bertz CT molecular complexity index is 867. The SMILES string of the molecule is Cc1cc(=O)[nH]c(NCCCc2cn(-c3ccccc3)nc2C)n1. The Kier molecular flexibility index (Phi) is 4.74. The molecule has 3 aromatic rings. The summed E-state index contributed by atoms with van der Waals surface area (Å²) in [6.45, 7) is 4.58. The molecule has 2 heterocycles. The monoisotopic (exact) mass is 323 g/mol. The third-order valence-electron chi connectivity index (χ3n) is 3.81. The van der Waals surface area contributed by atoms with E-state index in [1.807, 2.05) is 48.9 Å². The second-order valence-electron chi connectivity index (χ2n) is 5.79. The predicted molar refractivity (Wildman–Crippen MR) is 94.7 cm³/mol.